The molecule has 0 fully saturated rings. The van der Waals surface area contributed by atoms with Crippen LogP contribution in [0.15, 0.2) is 35.2 Å². The molecular weight excluding hydrogens is 402 g/mol. The predicted octanol–water partition coefficient (Wildman–Crippen LogP) is 3.13. The predicted molar refractivity (Wildman–Crippen MR) is 111 cm³/mol. The Balaban J connectivity index is 2.04. The topological polar surface area (TPSA) is 108 Å². The number of hydrogen-bond donors (Lipinski definition) is 4. The maximum Gasteiger partial charge on any atom is 0.263 e. The number of aryl methyl sites for hydroxylation is 2. The van der Waals surface area contributed by atoms with Gasteiger partial charge in [-0.15, -0.1) is 0 Å². The van der Waals surface area contributed by atoms with Gasteiger partial charge in [-0.3, -0.25) is 9.52 Å². The number of hydrogen-bond acceptors (Lipinski definition) is 5. The van der Waals surface area contributed by atoms with Gasteiger partial charge in [0.15, 0.2) is 0 Å². The fourth-order valence-electron chi connectivity index (χ4n) is 2.92. The molecule has 1 aliphatic rings. The van der Waals surface area contributed by atoms with E-state index in [1.54, 1.807) is 37.3 Å². The van der Waals surface area contributed by atoms with Gasteiger partial charge in [-0.1, -0.05) is 17.7 Å². The lowest BCUT2D eigenvalue weighted by molar-refractivity contribution is -0.116. The maximum atomic E-state index is 13.1. The van der Waals surface area contributed by atoms with Gasteiger partial charge in [0.2, 0.25) is 5.91 Å². The fraction of sp³-hybridized carbons (Fsp3) is 0.316. The van der Waals surface area contributed by atoms with Gasteiger partial charge in [0, 0.05) is 23.2 Å². The van der Waals surface area contributed by atoms with E-state index in [0.717, 1.165) is 11.1 Å². The lowest BCUT2D eigenvalue weighted by Crippen LogP contribution is -2.25. The molecule has 0 radical (unpaired) electrons. The van der Waals surface area contributed by atoms with Gasteiger partial charge in [0.25, 0.3) is 10.0 Å². The lowest BCUT2D eigenvalue weighted by atomic mass is 10.0. The van der Waals surface area contributed by atoms with E-state index in [0.29, 0.717) is 34.9 Å². The largest absolute Gasteiger partial charge is 0.394 e. The van der Waals surface area contributed by atoms with Gasteiger partial charge in [0.05, 0.1) is 18.0 Å². The summed E-state index contributed by atoms with van der Waals surface area (Å²) < 4.78 is 28.7. The summed E-state index contributed by atoms with van der Waals surface area (Å²) >= 11 is 6.10. The number of nitrogens with one attached hydrogen (secondary N) is 3. The molecule has 1 aliphatic heterocycles. The number of carbonyl (C=O) groups excluding carboxylic acids is 1. The highest BCUT2D eigenvalue weighted by Crippen LogP contribution is 2.34. The van der Waals surface area contributed by atoms with E-state index in [1.165, 1.54) is 0 Å². The summed E-state index contributed by atoms with van der Waals surface area (Å²) in [5.74, 6) is -0.114. The Labute approximate surface area is 169 Å². The molecule has 9 heteroatoms. The van der Waals surface area contributed by atoms with Crippen LogP contribution in [0.3, 0.4) is 0 Å². The number of fused-ring (bicyclic) bond motifs is 1. The number of benzene rings is 2. The maximum absolute atomic E-state index is 13.1. The quantitative estimate of drug-likeness (QED) is 0.571. The number of aliphatic hydroxyl groups excluding tert-OH is 1. The third-order valence-electron chi connectivity index (χ3n) is 4.49. The highest BCUT2D eigenvalue weighted by molar-refractivity contribution is 7.92. The van der Waals surface area contributed by atoms with E-state index < -0.39 is 10.0 Å². The van der Waals surface area contributed by atoms with Crippen LogP contribution in [0.5, 0.6) is 0 Å². The third kappa shape index (κ3) is 4.40. The Hall–Kier alpha value is -2.29. The molecule has 3 rings (SSSR count). The van der Waals surface area contributed by atoms with Crippen LogP contribution in [-0.2, 0) is 21.2 Å². The SMILES string of the molecule is Cc1ccc(NS(=O)(=O)c2cc3c(cc2N[C@@H](C)CO)NC(=O)CC3)cc1Cl. The zero-order valence-corrected chi connectivity index (χ0v) is 17.1. The Kier molecular flexibility index (Phi) is 5.83. The lowest BCUT2D eigenvalue weighted by Gasteiger charge is -2.23. The van der Waals surface area contributed by atoms with Crippen molar-refractivity contribution in [1.82, 2.24) is 0 Å². The van der Waals surface area contributed by atoms with E-state index in [-0.39, 0.29) is 23.5 Å². The molecule has 0 aliphatic carbocycles. The minimum atomic E-state index is -3.94. The van der Waals surface area contributed by atoms with E-state index in [9.17, 15) is 18.3 Å². The molecule has 0 aromatic heterocycles. The molecule has 2 aromatic carbocycles. The van der Waals surface area contributed by atoms with Gasteiger partial charge in [0.1, 0.15) is 4.90 Å². The second-order valence-electron chi connectivity index (χ2n) is 6.85. The van der Waals surface area contributed by atoms with Crippen LogP contribution in [0.2, 0.25) is 5.02 Å². The molecule has 1 heterocycles. The van der Waals surface area contributed by atoms with Crippen LogP contribution >= 0.6 is 11.6 Å². The van der Waals surface area contributed by atoms with Crippen LogP contribution in [-0.4, -0.2) is 32.1 Å². The van der Waals surface area contributed by atoms with E-state index in [1.807, 2.05) is 6.92 Å². The first-order chi connectivity index (χ1) is 13.2. The van der Waals surface area contributed by atoms with Crippen LogP contribution in [0.4, 0.5) is 17.1 Å². The molecule has 0 bridgehead atoms. The van der Waals surface area contributed by atoms with Crippen molar-refractivity contribution in [2.75, 3.05) is 22.0 Å². The zero-order valence-electron chi connectivity index (χ0n) is 15.5. The molecule has 28 heavy (non-hydrogen) atoms. The number of aliphatic hydroxyl groups is 1. The van der Waals surface area contributed by atoms with Gasteiger partial charge in [-0.25, -0.2) is 8.42 Å². The molecule has 7 nitrogen and oxygen atoms in total. The smallest absolute Gasteiger partial charge is 0.263 e. The second-order valence-corrected chi connectivity index (χ2v) is 8.91. The van der Waals surface area contributed by atoms with Crippen molar-refractivity contribution in [2.45, 2.75) is 37.6 Å². The molecule has 1 amide bonds. The van der Waals surface area contributed by atoms with Crippen LogP contribution in [0, 0.1) is 6.92 Å². The first-order valence-corrected chi connectivity index (χ1v) is 10.7. The summed E-state index contributed by atoms with van der Waals surface area (Å²) in [7, 11) is -3.94. The summed E-state index contributed by atoms with van der Waals surface area (Å²) in [4.78, 5) is 11.7. The molecule has 2 aromatic rings. The van der Waals surface area contributed by atoms with Crippen molar-refractivity contribution in [3.63, 3.8) is 0 Å². The van der Waals surface area contributed by atoms with Gasteiger partial charge >= 0.3 is 0 Å². The van der Waals surface area contributed by atoms with Crippen LogP contribution in [0.1, 0.15) is 24.5 Å². The number of sulfonamides is 1. The zero-order chi connectivity index (χ0) is 20.5. The Bertz CT molecular complexity index is 1020. The normalized spacial score (nSPS) is 14.8. The van der Waals surface area contributed by atoms with Crippen LogP contribution in [0.25, 0.3) is 0 Å². The molecule has 1 atom stereocenters. The average molecular weight is 424 g/mol. The Morgan fingerprint density at radius 3 is 2.68 bits per heavy atom. The highest BCUT2D eigenvalue weighted by atomic mass is 35.5. The van der Waals surface area contributed by atoms with Crippen molar-refractivity contribution in [3.8, 4) is 0 Å². The van der Waals surface area contributed by atoms with Gasteiger partial charge < -0.3 is 15.7 Å². The molecule has 0 saturated carbocycles. The van der Waals surface area contributed by atoms with E-state index in [2.05, 4.69) is 15.4 Å². The van der Waals surface area contributed by atoms with Crippen molar-refractivity contribution in [2.24, 2.45) is 0 Å². The number of rotatable bonds is 6. The molecule has 150 valence electrons. The van der Waals surface area contributed by atoms with Crippen molar-refractivity contribution >= 4 is 44.6 Å². The average Bonchev–Trinajstić information content (AvgIpc) is 2.63. The van der Waals surface area contributed by atoms with Crippen molar-refractivity contribution < 1.29 is 18.3 Å². The monoisotopic (exact) mass is 423 g/mol. The molecule has 0 unspecified atom stereocenters. The molecule has 0 saturated heterocycles. The Morgan fingerprint density at radius 2 is 2.00 bits per heavy atom. The van der Waals surface area contributed by atoms with Crippen molar-refractivity contribution in [3.05, 3.63) is 46.5 Å². The molecular formula is C19H22ClN3O4S. The van der Waals surface area contributed by atoms with Gasteiger partial charge in [-0.2, -0.15) is 0 Å². The Morgan fingerprint density at radius 1 is 1.25 bits per heavy atom. The summed E-state index contributed by atoms with van der Waals surface area (Å²) in [5.41, 5.74) is 2.80. The first-order valence-electron chi connectivity index (χ1n) is 8.83. The number of anilines is 3. The first kappa shape index (κ1) is 20.4. The van der Waals surface area contributed by atoms with Gasteiger partial charge in [-0.05, 0) is 55.7 Å². The summed E-state index contributed by atoms with van der Waals surface area (Å²) in [6.45, 7) is 3.38. The number of carbonyl (C=O) groups is 1. The fourth-order valence-corrected chi connectivity index (χ4v) is 4.35. The number of halogens is 1. The molecule has 4 N–H and O–H groups in total. The van der Waals surface area contributed by atoms with E-state index in [4.69, 9.17) is 11.6 Å². The summed E-state index contributed by atoms with van der Waals surface area (Å²) in [5, 5.41) is 15.6. The summed E-state index contributed by atoms with van der Waals surface area (Å²) in [6, 6.07) is 7.70. The van der Waals surface area contributed by atoms with Crippen molar-refractivity contribution in [1.29, 1.82) is 0 Å². The van der Waals surface area contributed by atoms with Crippen LogP contribution < -0.4 is 15.4 Å². The standard InChI is InChI=1S/C19H22ClN3O4S/c1-11-3-5-14(8-15(11)20)23-28(26,27)18-7-13-4-6-19(25)22-16(13)9-17(18)21-12(2)10-24/h3,5,7-9,12,21,23-24H,4,6,10H2,1-2H3,(H,22,25)/t12-/m0/s1. The summed E-state index contributed by atoms with van der Waals surface area (Å²) in [6.07, 6.45) is 0.753. The third-order valence-corrected chi connectivity index (χ3v) is 6.32. The minimum Gasteiger partial charge on any atom is -0.394 e. The minimum absolute atomic E-state index is 0.0411. The second kappa shape index (κ2) is 7.98. The molecule has 0 spiro atoms. The highest BCUT2D eigenvalue weighted by Gasteiger charge is 2.25. The number of amides is 1. The van der Waals surface area contributed by atoms with E-state index >= 15 is 0 Å².